The maximum Gasteiger partial charge on any atom is 0.163 e. The molecule has 0 saturated heterocycles. The van der Waals surface area contributed by atoms with Crippen LogP contribution < -0.4 is 5.73 Å². The van der Waals surface area contributed by atoms with Crippen molar-refractivity contribution in [2.45, 2.75) is 18.3 Å². The molecule has 0 atom stereocenters. The first-order valence-electron chi connectivity index (χ1n) is 4.71. The zero-order valence-corrected chi connectivity index (χ0v) is 7.72. The van der Waals surface area contributed by atoms with E-state index in [4.69, 9.17) is 5.73 Å². The molecule has 1 fully saturated rings. The molecule has 2 aromatic rings. The molecule has 0 spiro atoms. The second-order valence-corrected chi connectivity index (χ2v) is 3.82. The predicted molar refractivity (Wildman–Crippen MR) is 50.7 cm³/mol. The molecule has 2 aromatic heterocycles. The van der Waals surface area contributed by atoms with Gasteiger partial charge >= 0.3 is 0 Å². The molecule has 2 N–H and O–H groups in total. The van der Waals surface area contributed by atoms with E-state index >= 15 is 0 Å². The average molecular weight is 189 g/mol. The van der Waals surface area contributed by atoms with Crippen molar-refractivity contribution in [1.82, 2.24) is 19.6 Å². The number of nitrogens with two attached hydrogens (primary N) is 1. The van der Waals surface area contributed by atoms with E-state index in [0.29, 0.717) is 6.54 Å². The van der Waals surface area contributed by atoms with Gasteiger partial charge in [0, 0.05) is 24.2 Å². The number of rotatable bonds is 2. The summed E-state index contributed by atoms with van der Waals surface area (Å²) >= 11 is 0. The standard InChI is InChI=1S/C9H11N5/c10-5-9(2-3-9)8-13-12-7-1-4-11-6-14(7)8/h1,4,6H,2-3,5,10H2. The van der Waals surface area contributed by atoms with Gasteiger partial charge in [-0.2, -0.15) is 0 Å². The minimum atomic E-state index is 0.0719. The second-order valence-electron chi connectivity index (χ2n) is 3.82. The Morgan fingerprint density at radius 1 is 1.43 bits per heavy atom. The van der Waals surface area contributed by atoms with Crippen molar-refractivity contribution in [3.05, 3.63) is 24.4 Å². The molecule has 72 valence electrons. The highest BCUT2D eigenvalue weighted by Gasteiger charge is 2.46. The number of fused-ring (bicyclic) bond motifs is 1. The minimum absolute atomic E-state index is 0.0719. The Hall–Kier alpha value is -1.49. The van der Waals surface area contributed by atoms with Gasteiger partial charge in [-0.15, -0.1) is 10.2 Å². The van der Waals surface area contributed by atoms with E-state index in [1.807, 2.05) is 10.5 Å². The second kappa shape index (κ2) is 2.51. The molecule has 1 aliphatic rings. The number of hydrogen-bond acceptors (Lipinski definition) is 4. The van der Waals surface area contributed by atoms with Gasteiger partial charge < -0.3 is 5.73 Å². The van der Waals surface area contributed by atoms with Gasteiger partial charge in [-0.25, -0.2) is 4.98 Å². The van der Waals surface area contributed by atoms with E-state index in [1.165, 1.54) is 0 Å². The Morgan fingerprint density at radius 3 is 3.00 bits per heavy atom. The van der Waals surface area contributed by atoms with Crippen LogP contribution in [0, 0.1) is 0 Å². The normalized spacial score (nSPS) is 18.6. The first-order valence-corrected chi connectivity index (χ1v) is 4.71. The Bertz CT molecular complexity index is 471. The smallest absolute Gasteiger partial charge is 0.163 e. The van der Waals surface area contributed by atoms with Crippen molar-refractivity contribution in [2.75, 3.05) is 6.54 Å². The van der Waals surface area contributed by atoms with Crippen LogP contribution in [-0.4, -0.2) is 26.1 Å². The monoisotopic (exact) mass is 189 g/mol. The van der Waals surface area contributed by atoms with Gasteiger partial charge in [0.1, 0.15) is 12.2 Å². The Morgan fingerprint density at radius 2 is 2.29 bits per heavy atom. The number of nitrogens with zero attached hydrogens (tertiary/aromatic N) is 4. The average Bonchev–Trinajstić information content (AvgIpc) is 2.91. The summed E-state index contributed by atoms with van der Waals surface area (Å²) < 4.78 is 1.93. The quantitative estimate of drug-likeness (QED) is 0.728. The molecule has 0 amide bonds. The highest BCUT2D eigenvalue weighted by atomic mass is 15.3. The Kier molecular flexibility index (Phi) is 1.41. The summed E-state index contributed by atoms with van der Waals surface area (Å²) in [4.78, 5) is 4.06. The minimum Gasteiger partial charge on any atom is -0.329 e. The molecule has 14 heavy (non-hydrogen) atoms. The van der Waals surface area contributed by atoms with E-state index in [9.17, 15) is 0 Å². The molecule has 0 aliphatic heterocycles. The van der Waals surface area contributed by atoms with Crippen LogP contribution in [-0.2, 0) is 5.41 Å². The molecule has 3 rings (SSSR count). The van der Waals surface area contributed by atoms with Crippen LogP contribution in [0.15, 0.2) is 18.6 Å². The fourth-order valence-corrected chi connectivity index (χ4v) is 1.78. The fourth-order valence-electron chi connectivity index (χ4n) is 1.78. The first-order chi connectivity index (χ1) is 6.86. The first kappa shape index (κ1) is 7.87. The van der Waals surface area contributed by atoms with Gasteiger partial charge in [-0.05, 0) is 12.8 Å². The molecular weight excluding hydrogens is 178 g/mol. The van der Waals surface area contributed by atoms with Crippen molar-refractivity contribution >= 4 is 5.65 Å². The van der Waals surface area contributed by atoms with Gasteiger partial charge in [0.15, 0.2) is 5.65 Å². The Balaban J connectivity index is 2.22. The summed E-state index contributed by atoms with van der Waals surface area (Å²) in [6.45, 7) is 0.642. The molecule has 0 aromatic carbocycles. The van der Waals surface area contributed by atoms with E-state index in [0.717, 1.165) is 24.3 Å². The summed E-state index contributed by atoms with van der Waals surface area (Å²) in [5, 5.41) is 8.28. The molecule has 1 aliphatic carbocycles. The molecule has 5 heteroatoms. The highest BCUT2D eigenvalue weighted by Crippen LogP contribution is 2.46. The van der Waals surface area contributed by atoms with Crippen molar-refractivity contribution in [3.63, 3.8) is 0 Å². The van der Waals surface area contributed by atoms with E-state index < -0.39 is 0 Å². The van der Waals surface area contributed by atoms with Crippen LogP contribution in [0.2, 0.25) is 0 Å². The van der Waals surface area contributed by atoms with Crippen LogP contribution in [0.4, 0.5) is 0 Å². The van der Waals surface area contributed by atoms with E-state index in [2.05, 4.69) is 15.2 Å². The van der Waals surface area contributed by atoms with Crippen LogP contribution in [0.25, 0.3) is 5.65 Å². The summed E-state index contributed by atoms with van der Waals surface area (Å²) in [5.41, 5.74) is 6.66. The van der Waals surface area contributed by atoms with Crippen molar-refractivity contribution < 1.29 is 0 Å². The molecule has 0 unspecified atom stereocenters. The van der Waals surface area contributed by atoms with Gasteiger partial charge in [0.05, 0.1) is 0 Å². The molecule has 0 bridgehead atoms. The maximum atomic E-state index is 5.75. The summed E-state index contributed by atoms with van der Waals surface area (Å²) in [7, 11) is 0. The summed E-state index contributed by atoms with van der Waals surface area (Å²) in [6, 6.07) is 1.85. The molecule has 0 radical (unpaired) electrons. The molecule has 5 nitrogen and oxygen atoms in total. The van der Waals surface area contributed by atoms with Gasteiger partial charge in [0.25, 0.3) is 0 Å². The highest BCUT2D eigenvalue weighted by molar-refractivity contribution is 5.38. The van der Waals surface area contributed by atoms with E-state index in [-0.39, 0.29) is 5.41 Å². The van der Waals surface area contributed by atoms with Crippen molar-refractivity contribution in [1.29, 1.82) is 0 Å². The number of hydrogen-bond donors (Lipinski definition) is 1. The summed E-state index contributed by atoms with van der Waals surface area (Å²) in [6.07, 6.45) is 5.69. The lowest BCUT2D eigenvalue weighted by molar-refractivity contribution is 0.637. The van der Waals surface area contributed by atoms with Crippen LogP contribution in [0.1, 0.15) is 18.7 Å². The van der Waals surface area contributed by atoms with Gasteiger partial charge in [0.2, 0.25) is 0 Å². The lowest BCUT2D eigenvalue weighted by Gasteiger charge is -2.08. The van der Waals surface area contributed by atoms with Gasteiger partial charge in [-0.3, -0.25) is 4.40 Å². The largest absolute Gasteiger partial charge is 0.329 e. The lowest BCUT2D eigenvalue weighted by atomic mass is 10.1. The third-order valence-corrected chi connectivity index (χ3v) is 2.93. The summed E-state index contributed by atoms with van der Waals surface area (Å²) in [5.74, 6) is 0.961. The van der Waals surface area contributed by atoms with Crippen LogP contribution >= 0.6 is 0 Å². The number of aromatic nitrogens is 4. The zero-order chi connectivity index (χ0) is 9.60. The molecule has 1 saturated carbocycles. The van der Waals surface area contributed by atoms with Crippen molar-refractivity contribution in [2.24, 2.45) is 5.73 Å². The topological polar surface area (TPSA) is 69.1 Å². The predicted octanol–water partition coefficient (Wildman–Crippen LogP) is 0.115. The lowest BCUT2D eigenvalue weighted by Crippen LogP contribution is -2.22. The van der Waals surface area contributed by atoms with Gasteiger partial charge in [-0.1, -0.05) is 0 Å². The molecule has 2 heterocycles. The third kappa shape index (κ3) is 0.899. The third-order valence-electron chi connectivity index (χ3n) is 2.93. The van der Waals surface area contributed by atoms with E-state index in [1.54, 1.807) is 12.5 Å². The van der Waals surface area contributed by atoms with Crippen LogP contribution in [0.5, 0.6) is 0 Å². The molecular formula is C9H11N5. The SMILES string of the molecule is NCC1(c2nnc3ccncn23)CC1. The zero-order valence-electron chi connectivity index (χ0n) is 7.72. The maximum absolute atomic E-state index is 5.75. The van der Waals surface area contributed by atoms with Crippen molar-refractivity contribution in [3.8, 4) is 0 Å². The Labute approximate surface area is 81.0 Å². The van der Waals surface area contributed by atoms with Crippen LogP contribution in [0.3, 0.4) is 0 Å². The fraction of sp³-hybridized carbons (Fsp3) is 0.444.